The molecule has 2 heterocycles. The van der Waals surface area contributed by atoms with Gasteiger partial charge in [-0.15, -0.1) is 0 Å². The molecule has 8 N–H and O–H groups in total. The second kappa shape index (κ2) is 8.84. The molecule has 1 aromatic heterocycles. The van der Waals surface area contributed by atoms with Crippen molar-refractivity contribution in [2.24, 2.45) is 0 Å². The summed E-state index contributed by atoms with van der Waals surface area (Å²) in [6.45, 7) is 1.03. The summed E-state index contributed by atoms with van der Waals surface area (Å²) in [5.41, 5.74) is 4.41. The van der Waals surface area contributed by atoms with Crippen molar-refractivity contribution in [1.82, 2.24) is 9.55 Å². The monoisotopic (exact) mass is 497 g/mol. The van der Waals surface area contributed by atoms with E-state index in [0.29, 0.717) is 0 Å². The lowest BCUT2D eigenvalue weighted by Gasteiger charge is -2.24. The number of phosphoric acid groups is 3. The fourth-order valence-electron chi connectivity index (χ4n) is 2.49. The number of hydrogen-bond donors (Lipinski definition) is 7. The molecular formula is C10H18N3O14P3. The number of anilines is 1. The SMILES string of the molecule is CC(OP(=O)(O)OP(=O)(O)OP(=O)(O)O)[C@H]1O[C@@H](n2ccc(N)nc2=O)[C@H](O)[C@@H]1O. The number of nitrogens with zero attached hydrogens (tertiary/aromatic N) is 2. The number of phosphoric ester groups is 1. The van der Waals surface area contributed by atoms with E-state index < -0.39 is 59.8 Å². The molecule has 0 aliphatic carbocycles. The van der Waals surface area contributed by atoms with Gasteiger partial charge in [-0.3, -0.25) is 9.09 Å². The van der Waals surface area contributed by atoms with E-state index in [9.17, 15) is 33.6 Å². The standard InChI is InChI=1S/C10H18N3O14P3/c1-4(25-29(20,21)27-30(22,23)26-28(17,18)19)8-6(14)7(15)9(24-8)13-3-2-5(11)12-10(13)16/h2-4,6-9,14-15H,1H3,(H,20,21)(H,22,23)(H2,11,12,16)(H2,17,18,19)/t4?,6-,7+,8+,9+/m0/s1. The van der Waals surface area contributed by atoms with Crippen LogP contribution in [0.5, 0.6) is 0 Å². The van der Waals surface area contributed by atoms with E-state index in [2.05, 4.69) is 18.1 Å². The molecule has 0 saturated carbocycles. The Morgan fingerprint density at radius 2 is 1.73 bits per heavy atom. The largest absolute Gasteiger partial charge is 0.490 e. The van der Waals surface area contributed by atoms with E-state index in [1.807, 2.05) is 0 Å². The first-order valence-electron chi connectivity index (χ1n) is 7.70. The van der Waals surface area contributed by atoms with Gasteiger partial charge in [0, 0.05) is 6.20 Å². The average molecular weight is 497 g/mol. The Labute approximate surface area is 167 Å². The predicted octanol–water partition coefficient (Wildman–Crippen LogP) is -1.82. The second-order valence-corrected chi connectivity index (χ2v) is 10.3. The Morgan fingerprint density at radius 3 is 2.27 bits per heavy atom. The van der Waals surface area contributed by atoms with Crippen molar-refractivity contribution in [3.8, 4) is 0 Å². The van der Waals surface area contributed by atoms with Crippen LogP contribution in [0.15, 0.2) is 17.1 Å². The number of hydrogen-bond acceptors (Lipinski definition) is 12. The van der Waals surface area contributed by atoms with Crippen molar-refractivity contribution < 1.29 is 61.4 Å². The van der Waals surface area contributed by atoms with Gasteiger partial charge in [-0.2, -0.15) is 13.6 Å². The number of aliphatic hydroxyl groups excluding tert-OH is 2. The molecule has 0 aromatic carbocycles. The van der Waals surface area contributed by atoms with Gasteiger partial charge in [0.15, 0.2) is 6.23 Å². The van der Waals surface area contributed by atoms with Crippen LogP contribution in [0.2, 0.25) is 0 Å². The molecular weight excluding hydrogens is 479 g/mol. The van der Waals surface area contributed by atoms with Crippen LogP contribution >= 0.6 is 23.5 Å². The Morgan fingerprint density at radius 1 is 1.13 bits per heavy atom. The maximum absolute atomic E-state index is 11.9. The van der Waals surface area contributed by atoms with Crippen LogP contribution in [0.25, 0.3) is 0 Å². The van der Waals surface area contributed by atoms with Gasteiger partial charge in [-0.25, -0.2) is 18.5 Å². The molecule has 7 atom stereocenters. The molecule has 0 bridgehead atoms. The molecule has 1 aliphatic rings. The third kappa shape index (κ3) is 6.48. The smallest absolute Gasteiger partial charge is 0.387 e. The zero-order valence-corrected chi connectivity index (χ0v) is 17.5. The molecule has 0 radical (unpaired) electrons. The minimum Gasteiger partial charge on any atom is -0.387 e. The first-order valence-corrected chi connectivity index (χ1v) is 12.2. The van der Waals surface area contributed by atoms with Gasteiger partial charge in [0.25, 0.3) is 0 Å². The van der Waals surface area contributed by atoms with E-state index >= 15 is 0 Å². The van der Waals surface area contributed by atoms with E-state index in [1.165, 1.54) is 6.07 Å². The molecule has 30 heavy (non-hydrogen) atoms. The minimum absolute atomic E-state index is 0.123. The highest BCUT2D eigenvalue weighted by Gasteiger charge is 2.49. The van der Waals surface area contributed by atoms with Crippen LogP contribution < -0.4 is 11.4 Å². The fourth-order valence-corrected chi connectivity index (χ4v) is 5.69. The van der Waals surface area contributed by atoms with E-state index in [4.69, 9.17) is 25.2 Å². The third-order valence-electron chi connectivity index (χ3n) is 3.58. The quantitative estimate of drug-likeness (QED) is 0.195. The van der Waals surface area contributed by atoms with Crippen molar-refractivity contribution >= 4 is 29.3 Å². The molecule has 1 fully saturated rings. The normalized spacial score (nSPS) is 29.8. The Bertz CT molecular complexity index is 978. The van der Waals surface area contributed by atoms with Crippen molar-refractivity contribution in [2.45, 2.75) is 37.6 Å². The molecule has 0 amide bonds. The molecule has 2 rings (SSSR count). The summed E-state index contributed by atoms with van der Waals surface area (Å²) in [6.07, 6.45) is -7.09. The molecule has 1 aromatic rings. The average Bonchev–Trinajstić information content (AvgIpc) is 2.79. The maximum Gasteiger partial charge on any atom is 0.490 e. The number of aliphatic hydroxyl groups is 2. The zero-order valence-electron chi connectivity index (χ0n) is 14.8. The number of nitrogen functional groups attached to an aromatic ring is 1. The first-order chi connectivity index (χ1) is 13.5. The van der Waals surface area contributed by atoms with Gasteiger partial charge >= 0.3 is 29.2 Å². The fraction of sp³-hybridized carbons (Fsp3) is 0.600. The van der Waals surface area contributed by atoms with E-state index in [-0.39, 0.29) is 5.82 Å². The van der Waals surface area contributed by atoms with Crippen LogP contribution in [0, 0.1) is 0 Å². The van der Waals surface area contributed by atoms with Crippen molar-refractivity contribution in [1.29, 1.82) is 0 Å². The molecule has 3 unspecified atom stereocenters. The molecule has 17 nitrogen and oxygen atoms in total. The molecule has 1 saturated heterocycles. The topological polar surface area (TPSA) is 270 Å². The number of aromatic nitrogens is 2. The summed E-state index contributed by atoms with van der Waals surface area (Å²) in [5.74, 6) is -0.123. The highest BCUT2D eigenvalue weighted by atomic mass is 31.3. The summed E-state index contributed by atoms with van der Waals surface area (Å²) in [7, 11) is -16.8. The predicted molar refractivity (Wildman–Crippen MR) is 93.2 cm³/mol. The Kier molecular flexibility index (Phi) is 7.44. The van der Waals surface area contributed by atoms with Gasteiger partial charge in [0.05, 0.1) is 6.10 Å². The Balaban J connectivity index is 2.13. The van der Waals surface area contributed by atoms with Crippen LogP contribution in [-0.2, 0) is 31.6 Å². The van der Waals surface area contributed by atoms with Crippen molar-refractivity contribution in [3.63, 3.8) is 0 Å². The van der Waals surface area contributed by atoms with Gasteiger partial charge < -0.3 is 40.3 Å². The minimum atomic E-state index is -5.74. The van der Waals surface area contributed by atoms with Crippen LogP contribution in [0.3, 0.4) is 0 Å². The highest BCUT2D eigenvalue weighted by molar-refractivity contribution is 7.66. The van der Waals surface area contributed by atoms with Gasteiger partial charge in [-0.1, -0.05) is 0 Å². The van der Waals surface area contributed by atoms with Crippen LogP contribution in [-0.4, -0.2) is 63.8 Å². The lowest BCUT2D eigenvalue weighted by atomic mass is 10.1. The van der Waals surface area contributed by atoms with Gasteiger partial charge in [-0.05, 0) is 13.0 Å². The number of nitrogens with two attached hydrogens (primary N) is 1. The maximum atomic E-state index is 11.9. The third-order valence-corrected chi connectivity index (χ3v) is 7.51. The lowest BCUT2D eigenvalue weighted by molar-refractivity contribution is -0.0781. The summed E-state index contributed by atoms with van der Waals surface area (Å²) in [6, 6.07) is 1.20. The summed E-state index contributed by atoms with van der Waals surface area (Å²) >= 11 is 0. The molecule has 20 heteroatoms. The lowest BCUT2D eigenvalue weighted by Crippen LogP contribution is -2.38. The highest BCUT2D eigenvalue weighted by Crippen LogP contribution is 2.66. The summed E-state index contributed by atoms with van der Waals surface area (Å²) in [5, 5.41) is 20.3. The summed E-state index contributed by atoms with van der Waals surface area (Å²) < 4.78 is 51.6. The van der Waals surface area contributed by atoms with Crippen LogP contribution in [0.1, 0.15) is 13.2 Å². The first kappa shape index (κ1) is 25.2. The van der Waals surface area contributed by atoms with Crippen molar-refractivity contribution in [3.05, 3.63) is 22.7 Å². The van der Waals surface area contributed by atoms with Gasteiger partial charge in [0.2, 0.25) is 0 Å². The van der Waals surface area contributed by atoms with Gasteiger partial charge in [0.1, 0.15) is 24.1 Å². The Hall–Kier alpha value is -1.03. The van der Waals surface area contributed by atoms with Crippen molar-refractivity contribution in [2.75, 3.05) is 5.73 Å². The number of ether oxygens (including phenoxy) is 1. The summed E-state index contributed by atoms with van der Waals surface area (Å²) in [4.78, 5) is 51.0. The number of rotatable bonds is 8. The van der Waals surface area contributed by atoms with E-state index in [1.54, 1.807) is 0 Å². The molecule has 172 valence electrons. The molecule has 0 spiro atoms. The second-order valence-electron chi connectivity index (χ2n) is 5.92. The van der Waals surface area contributed by atoms with Crippen LogP contribution in [0.4, 0.5) is 5.82 Å². The molecule has 1 aliphatic heterocycles. The van der Waals surface area contributed by atoms with E-state index in [0.717, 1.165) is 17.7 Å². The zero-order chi connectivity index (χ0) is 23.1.